The van der Waals surface area contributed by atoms with Gasteiger partial charge in [-0.1, -0.05) is 6.92 Å². The molecule has 1 heterocycles. The molecule has 0 saturated carbocycles. The van der Waals surface area contributed by atoms with Gasteiger partial charge in [-0.05, 0) is 42.8 Å². The van der Waals surface area contributed by atoms with Crippen molar-refractivity contribution in [3.63, 3.8) is 0 Å². The minimum Gasteiger partial charge on any atom is -0.378 e. The van der Waals surface area contributed by atoms with Gasteiger partial charge in [0, 0.05) is 25.5 Å². The normalized spacial score (nSPS) is 11.1. The largest absolute Gasteiger partial charge is 0.378 e. The Labute approximate surface area is 136 Å². The van der Waals surface area contributed by atoms with Gasteiger partial charge in [-0.25, -0.2) is 8.42 Å². The first-order valence-electron chi connectivity index (χ1n) is 7.28. The van der Waals surface area contributed by atoms with Crippen LogP contribution in [0.5, 0.6) is 0 Å². The molecule has 2 rings (SSSR count). The first-order chi connectivity index (χ1) is 10.9. The van der Waals surface area contributed by atoms with Gasteiger partial charge >= 0.3 is 0 Å². The molecule has 0 aliphatic heterocycles. The molecule has 0 radical (unpaired) electrons. The topological polar surface area (TPSA) is 87.2 Å². The lowest BCUT2D eigenvalue weighted by Crippen LogP contribution is -2.17. The zero-order chi connectivity index (χ0) is 16.9. The van der Waals surface area contributed by atoms with Crippen LogP contribution in [0.4, 0.5) is 23.0 Å². The van der Waals surface area contributed by atoms with Crippen LogP contribution in [0.2, 0.25) is 0 Å². The summed E-state index contributed by atoms with van der Waals surface area (Å²) in [6.45, 7) is 1.81. The van der Waals surface area contributed by atoms with Gasteiger partial charge in [0.2, 0.25) is 10.0 Å². The molecule has 0 aliphatic rings. The van der Waals surface area contributed by atoms with Crippen molar-refractivity contribution >= 4 is 33.0 Å². The van der Waals surface area contributed by atoms with E-state index < -0.39 is 10.0 Å². The lowest BCUT2D eigenvalue weighted by Gasteiger charge is -2.13. The van der Waals surface area contributed by atoms with E-state index in [1.165, 1.54) is 0 Å². The third-order valence-electron chi connectivity index (χ3n) is 3.05. The number of rotatable bonds is 7. The fourth-order valence-corrected chi connectivity index (χ4v) is 2.99. The summed E-state index contributed by atoms with van der Waals surface area (Å²) in [5, 5.41) is 11.0. The second-order valence-corrected chi connectivity index (χ2v) is 7.13. The van der Waals surface area contributed by atoms with Crippen molar-refractivity contribution in [2.75, 3.05) is 34.8 Å². The zero-order valence-corrected chi connectivity index (χ0v) is 14.3. The van der Waals surface area contributed by atoms with Crippen LogP contribution < -0.4 is 14.9 Å². The summed E-state index contributed by atoms with van der Waals surface area (Å²) in [5.74, 6) is 0.820. The monoisotopic (exact) mass is 335 g/mol. The molecular weight excluding hydrogens is 314 g/mol. The molecular formula is C15H21N5O2S. The molecule has 0 unspecified atom stereocenters. The highest BCUT2D eigenvalue weighted by Gasteiger charge is 2.09. The van der Waals surface area contributed by atoms with Crippen LogP contribution in [0.1, 0.15) is 13.3 Å². The van der Waals surface area contributed by atoms with Crippen LogP contribution in [0.15, 0.2) is 36.4 Å². The van der Waals surface area contributed by atoms with Gasteiger partial charge in [0.15, 0.2) is 11.6 Å². The maximum absolute atomic E-state index is 11.7. The van der Waals surface area contributed by atoms with Crippen LogP contribution in [0.3, 0.4) is 0 Å². The molecule has 0 bridgehead atoms. The van der Waals surface area contributed by atoms with E-state index in [1.807, 2.05) is 43.3 Å². The van der Waals surface area contributed by atoms with Gasteiger partial charge in [0.05, 0.1) is 5.75 Å². The quantitative estimate of drug-likeness (QED) is 0.808. The maximum atomic E-state index is 11.7. The van der Waals surface area contributed by atoms with Gasteiger partial charge in [-0.3, -0.25) is 4.72 Å². The average molecular weight is 335 g/mol. The molecule has 0 fully saturated rings. The summed E-state index contributed by atoms with van der Waals surface area (Å²) in [4.78, 5) is 2.01. The Kier molecular flexibility index (Phi) is 5.38. The first kappa shape index (κ1) is 17.0. The molecule has 1 aromatic heterocycles. The maximum Gasteiger partial charge on any atom is 0.233 e. The van der Waals surface area contributed by atoms with Gasteiger partial charge in [-0.15, -0.1) is 10.2 Å². The smallest absolute Gasteiger partial charge is 0.233 e. The minimum atomic E-state index is -3.35. The van der Waals surface area contributed by atoms with Crippen LogP contribution in [-0.2, 0) is 10.0 Å². The Morgan fingerprint density at radius 2 is 1.61 bits per heavy atom. The summed E-state index contributed by atoms with van der Waals surface area (Å²) in [6.07, 6.45) is 0.547. The van der Waals surface area contributed by atoms with Gasteiger partial charge in [0.25, 0.3) is 0 Å². The summed E-state index contributed by atoms with van der Waals surface area (Å²) >= 11 is 0. The number of hydrogen-bond donors (Lipinski definition) is 2. The minimum absolute atomic E-state index is 0.0624. The Bertz CT molecular complexity index is 727. The Balaban J connectivity index is 2.02. The molecule has 0 saturated heterocycles. The molecule has 2 N–H and O–H groups in total. The predicted octanol–water partition coefficient (Wildman–Crippen LogP) is 2.44. The molecule has 2 aromatic rings. The van der Waals surface area contributed by atoms with E-state index in [2.05, 4.69) is 20.2 Å². The number of sulfonamides is 1. The molecule has 0 spiro atoms. The number of aromatic nitrogens is 2. The highest BCUT2D eigenvalue weighted by atomic mass is 32.2. The molecule has 124 valence electrons. The van der Waals surface area contributed by atoms with Gasteiger partial charge in [-0.2, -0.15) is 0 Å². The average Bonchev–Trinajstić information content (AvgIpc) is 2.49. The third-order valence-corrected chi connectivity index (χ3v) is 4.52. The highest BCUT2D eigenvalue weighted by Crippen LogP contribution is 2.19. The second-order valence-electron chi connectivity index (χ2n) is 5.29. The fourth-order valence-electron chi connectivity index (χ4n) is 1.92. The third kappa shape index (κ3) is 5.10. The molecule has 1 aromatic carbocycles. The van der Waals surface area contributed by atoms with Crippen molar-refractivity contribution in [2.45, 2.75) is 13.3 Å². The van der Waals surface area contributed by atoms with E-state index in [4.69, 9.17) is 0 Å². The molecule has 0 aliphatic carbocycles. The number of benzene rings is 1. The number of hydrogen-bond acceptors (Lipinski definition) is 6. The molecule has 8 heteroatoms. The van der Waals surface area contributed by atoms with Crippen molar-refractivity contribution in [1.29, 1.82) is 0 Å². The van der Waals surface area contributed by atoms with Gasteiger partial charge in [0.1, 0.15) is 0 Å². The Morgan fingerprint density at radius 1 is 1.00 bits per heavy atom. The van der Waals surface area contributed by atoms with Crippen molar-refractivity contribution in [2.24, 2.45) is 0 Å². The highest BCUT2D eigenvalue weighted by molar-refractivity contribution is 7.92. The van der Waals surface area contributed by atoms with E-state index >= 15 is 0 Å². The van der Waals surface area contributed by atoms with E-state index in [9.17, 15) is 8.42 Å². The van der Waals surface area contributed by atoms with Crippen LogP contribution in [0.25, 0.3) is 0 Å². The number of nitrogens with zero attached hydrogens (tertiary/aromatic N) is 3. The van der Waals surface area contributed by atoms with Crippen LogP contribution >= 0.6 is 0 Å². The summed E-state index contributed by atoms with van der Waals surface area (Å²) in [5.41, 5.74) is 1.98. The second kappa shape index (κ2) is 7.28. The van der Waals surface area contributed by atoms with Crippen molar-refractivity contribution in [3.05, 3.63) is 36.4 Å². The van der Waals surface area contributed by atoms with Crippen molar-refractivity contribution < 1.29 is 8.42 Å². The zero-order valence-electron chi connectivity index (χ0n) is 13.4. The fraction of sp³-hybridized carbons (Fsp3) is 0.333. The lowest BCUT2D eigenvalue weighted by atomic mass is 10.2. The summed E-state index contributed by atoms with van der Waals surface area (Å²) in [6, 6.07) is 11.1. The van der Waals surface area contributed by atoms with E-state index in [0.717, 1.165) is 11.4 Å². The molecule has 23 heavy (non-hydrogen) atoms. The van der Waals surface area contributed by atoms with Crippen molar-refractivity contribution in [3.8, 4) is 0 Å². The molecule has 0 amide bonds. The Morgan fingerprint density at radius 3 is 2.13 bits per heavy atom. The summed E-state index contributed by atoms with van der Waals surface area (Å²) < 4.78 is 25.7. The van der Waals surface area contributed by atoms with E-state index in [-0.39, 0.29) is 11.6 Å². The predicted molar refractivity (Wildman–Crippen MR) is 93.8 cm³/mol. The molecule has 7 nitrogen and oxygen atoms in total. The lowest BCUT2D eigenvalue weighted by molar-refractivity contribution is 0.599. The Hall–Kier alpha value is -2.35. The SMILES string of the molecule is CCCS(=O)(=O)Nc1ccc(Nc2ccc(N(C)C)cc2)nn1. The van der Waals surface area contributed by atoms with Gasteiger partial charge < -0.3 is 10.2 Å². The summed E-state index contributed by atoms with van der Waals surface area (Å²) in [7, 11) is 0.610. The van der Waals surface area contributed by atoms with Crippen LogP contribution in [-0.4, -0.2) is 38.5 Å². The van der Waals surface area contributed by atoms with Crippen molar-refractivity contribution in [1.82, 2.24) is 10.2 Å². The standard InChI is InChI=1S/C15H21N5O2S/c1-4-11-23(21,22)19-15-10-9-14(17-18-15)16-12-5-7-13(8-6-12)20(2)3/h5-10H,4,11H2,1-3H3,(H,16,17)(H,18,19). The number of nitrogens with one attached hydrogen (secondary N) is 2. The van der Waals surface area contributed by atoms with E-state index in [1.54, 1.807) is 19.1 Å². The van der Waals surface area contributed by atoms with Crippen LogP contribution in [0, 0.1) is 0 Å². The molecule has 0 atom stereocenters. The van der Waals surface area contributed by atoms with E-state index in [0.29, 0.717) is 12.2 Å². The number of anilines is 4. The first-order valence-corrected chi connectivity index (χ1v) is 8.93.